The summed E-state index contributed by atoms with van der Waals surface area (Å²) < 4.78 is 1.17. The van der Waals surface area contributed by atoms with E-state index in [2.05, 4.69) is 44.8 Å². The van der Waals surface area contributed by atoms with Gasteiger partial charge in [0.25, 0.3) is 0 Å². The van der Waals surface area contributed by atoms with Crippen LogP contribution in [0.15, 0.2) is 22.7 Å². The number of aryl methyl sites for hydroxylation is 1. The maximum atomic E-state index is 11.6. The van der Waals surface area contributed by atoms with E-state index in [9.17, 15) is 4.79 Å². The molecule has 2 aliphatic carbocycles. The normalized spacial score (nSPS) is 21.4. The van der Waals surface area contributed by atoms with E-state index < -0.39 is 0 Å². The van der Waals surface area contributed by atoms with Crippen molar-refractivity contribution in [2.75, 3.05) is 6.54 Å². The van der Waals surface area contributed by atoms with Crippen molar-refractivity contribution >= 4 is 21.8 Å². The number of benzene rings is 1. The molecule has 0 radical (unpaired) electrons. The van der Waals surface area contributed by atoms with Gasteiger partial charge in [-0.05, 0) is 55.4 Å². The van der Waals surface area contributed by atoms with Gasteiger partial charge in [-0.15, -0.1) is 0 Å². The van der Waals surface area contributed by atoms with Gasteiger partial charge in [-0.3, -0.25) is 4.79 Å². The predicted molar refractivity (Wildman–Crippen MR) is 83.7 cm³/mol. The van der Waals surface area contributed by atoms with Gasteiger partial charge in [-0.2, -0.15) is 0 Å². The van der Waals surface area contributed by atoms with Crippen molar-refractivity contribution in [3.63, 3.8) is 0 Å². The molecule has 1 unspecified atom stereocenters. The van der Waals surface area contributed by atoms with Crippen molar-refractivity contribution in [1.82, 2.24) is 10.6 Å². The third-order valence-electron chi connectivity index (χ3n) is 4.12. The monoisotopic (exact) mass is 336 g/mol. The summed E-state index contributed by atoms with van der Waals surface area (Å²) in [4.78, 5) is 11.6. The molecule has 1 atom stereocenters. The zero-order valence-corrected chi connectivity index (χ0v) is 13.2. The summed E-state index contributed by atoms with van der Waals surface area (Å²) in [7, 11) is 0. The van der Waals surface area contributed by atoms with Crippen LogP contribution in [0.3, 0.4) is 0 Å². The number of carbonyl (C=O) groups excluding carboxylic acids is 1. The number of halogens is 1. The molecule has 3 nitrogen and oxygen atoms in total. The van der Waals surface area contributed by atoms with Gasteiger partial charge >= 0.3 is 0 Å². The van der Waals surface area contributed by atoms with Crippen molar-refractivity contribution in [2.45, 2.75) is 50.6 Å². The Kier molecular flexibility index (Phi) is 4.41. The maximum Gasteiger partial charge on any atom is 0.221 e. The molecule has 3 rings (SSSR count). The topological polar surface area (TPSA) is 41.1 Å². The molecular weight excluding hydrogens is 316 g/mol. The van der Waals surface area contributed by atoms with Crippen LogP contribution >= 0.6 is 15.9 Å². The van der Waals surface area contributed by atoms with Crippen LogP contribution in [0.5, 0.6) is 0 Å². The first-order valence-electron chi connectivity index (χ1n) is 7.51. The maximum absolute atomic E-state index is 11.6. The van der Waals surface area contributed by atoms with Crippen LogP contribution < -0.4 is 10.6 Å². The minimum absolute atomic E-state index is 0.195. The van der Waals surface area contributed by atoms with Crippen molar-refractivity contribution in [3.05, 3.63) is 33.8 Å². The first kappa shape index (κ1) is 14.1. The fraction of sp³-hybridized carbons (Fsp3) is 0.562. The smallest absolute Gasteiger partial charge is 0.221 e. The van der Waals surface area contributed by atoms with Crippen molar-refractivity contribution < 1.29 is 4.79 Å². The number of nitrogens with one attached hydrogen (secondary N) is 2. The summed E-state index contributed by atoms with van der Waals surface area (Å²) in [6.07, 6.45) is 6.28. The van der Waals surface area contributed by atoms with E-state index in [4.69, 9.17) is 0 Å². The zero-order chi connectivity index (χ0) is 13.9. The number of hydrogen-bond acceptors (Lipinski definition) is 2. The van der Waals surface area contributed by atoms with Crippen LogP contribution in [0.2, 0.25) is 0 Å². The molecule has 0 heterocycles. The molecule has 1 fully saturated rings. The lowest BCUT2D eigenvalue weighted by Gasteiger charge is -2.25. The summed E-state index contributed by atoms with van der Waals surface area (Å²) in [5.74, 6) is 0.195. The zero-order valence-electron chi connectivity index (χ0n) is 11.6. The van der Waals surface area contributed by atoms with Gasteiger partial charge in [-0.1, -0.05) is 22.0 Å². The van der Waals surface area contributed by atoms with E-state index >= 15 is 0 Å². The molecule has 0 aliphatic heterocycles. The van der Waals surface area contributed by atoms with Crippen LogP contribution in [0.1, 0.15) is 36.8 Å². The Hall–Kier alpha value is -0.870. The molecule has 1 saturated carbocycles. The lowest BCUT2D eigenvalue weighted by molar-refractivity contribution is -0.121. The first-order chi connectivity index (χ1) is 9.70. The lowest BCUT2D eigenvalue weighted by atomic mass is 9.88. The van der Waals surface area contributed by atoms with Gasteiger partial charge in [0.15, 0.2) is 0 Å². The fourth-order valence-corrected chi connectivity index (χ4v) is 3.22. The van der Waals surface area contributed by atoms with Crippen molar-refractivity contribution in [1.29, 1.82) is 0 Å². The highest BCUT2D eigenvalue weighted by Gasteiger charge is 2.23. The molecule has 1 aromatic carbocycles. The molecule has 1 amide bonds. The quantitative estimate of drug-likeness (QED) is 0.867. The third-order valence-corrected chi connectivity index (χ3v) is 4.62. The van der Waals surface area contributed by atoms with Crippen LogP contribution in [0.25, 0.3) is 0 Å². The van der Waals surface area contributed by atoms with Crippen LogP contribution in [0, 0.1) is 0 Å². The van der Waals surface area contributed by atoms with Gasteiger partial charge in [-0.25, -0.2) is 0 Å². The number of amides is 1. The number of fused-ring (bicyclic) bond motifs is 1. The standard InChI is InChI=1S/C16H21BrN2O/c17-13-3-1-12-10-15(4-2-11(12)9-13)18-8-7-16(20)19-14-5-6-14/h1,3,9,14-15,18H,2,4-8,10H2,(H,19,20). The Labute approximate surface area is 128 Å². The summed E-state index contributed by atoms with van der Waals surface area (Å²) in [5.41, 5.74) is 2.91. The van der Waals surface area contributed by atoms with Crippen LogP contribution in [-0.2, 0) is 17.6 Å². The summed E-state index contributed by atoms with van der Waals surface area (Å²) >= 11 is 3.53. The average molecular weight is 337 g/mol. The third kappa shape index (κ3) is 3.83. The van der Waals surface area contributed by atoms with Crippen LogP contribution in [-0.4, -0.2) is 24.5 Å². The van der Waals surface area contributed by atoms with E-state index in [1.807, 2.05) is 0 Å². The van der Waals surface area contributed by atoms with E-state index in [0.29, 0.717) is 18.5 Å². The Morgan fingerprint density at radius 1 is 1.20 bits per heavy atom. The number of rotatable bonds is 5. The van der Waals surface area contributed by atoms with Crippen molar-refractivity contribution in [3.8, 4) is 0 Å². The minimum atomic E-state index is 0.195. The first-order valence-corrected chi connectivity index (χ1v) is 8.30. The number of hydrogen-bond donors (Lipinski definition) is 2. The molecule has 2 aliphatic rings. The number of carbonyl (C=O) groups is 1. The molecule has 0 spiro atoms. The van der Waals surface area contributed by atoms with Crippen LogP contribution in [0.4, 0.5) is 0 Å². The van der Waals surface area contributed by atoms with Gasteiger partial charge < -0.3 is 10.6 Å². The summed E-state index contributed by atoms with van der Waals surface area (Å²) in [5, 5.41) is 6.56. The second kappa shape index (κ2) is 6.27. The van der Waals surface area contributed by atoms with E-state index in [1.165, 1.54) is 15.6 Å². The molecule has 20 heavy (non-hydrogen) atoms. The molecule has 1 aromatic rings. The summed E-state index contributed by atoms with van der Waals surface area (Å²) in [6, 6.07) is 7.55. The van der Waals surface area contributed by atoms with Gasteiger partial charge in [0.2, 0.25) is 5.91 Å². The molecular formula is C16H21BrN2O. The van der Waals surface area contributed by atoms with Gasteiger partial charge in [0.1, 0.15) is 0 Å². The van der Waals surface area contributed by atoms with E-state index in [1.54, 1.807) is 0 Å². The fourth-order valence-electron chi connectivity index (χ4n) is 2.82. The summed E-state index contributed by atoms with van der Waals surface area (Å²) in [6.45, 7) is 0.787. The Bertz CT molecular complexity index is 499. The lowest BCUT2D eigenvalue weighted by Crippen LogP contribution is -2.37. The highest BCUT2D eigenvalue weighted by atomic mass is 79.9. The molecule has 4 heteroatoms. The highest BCUT2D eigenvalue weighted by molar-refractivity contribution is 9.10. The molecule has 0 aromatic heterocycles. The SMILES string of the molecule is O=C(CCNC1CCc2cc(Br)ccc2C1)NC1CC1. The van der Waals surface area contributed by atoms with Crippen molar-refractivity contribution in [2.24, 2.45) is 0 Å². The second-order valence-electron chi connectivity index (χ2n) is 5.90. The van der Waals surface area contributed by atoms with E-state index in [0.717, 1.165) is 38.6 Å². The van der Waals surface area contributed by atoms with E-state index in [-0.39, 0.29) is 5.91 Å². The Balaban J connectivity index is 1.43. The Morgan fingerprint density at radius 2 is 2.05 bits per heavy atom. The Morgan fingerprint density at radius 3 is 2.85 bits per heavy atom. The highest BCUT2D eigenvalue weighted by Crippen LogP contribution is 2.24. The second-order valence-corrected chi connectivity index (χ2v) is 6.81. The van der Waals surface area contributed by atoms with Gasteiger partial charge in [0, 0.05) is 29.5 Å². The molecule has 2 N–H and O–H groups in total. The average Bonchev–Trinajstić information content (AvgIpc) is 3.23. The van der Waals surface area contributed by atoms with Gasteiger partial charge in [0.05, 0.1) is 0 Å². The minimum Gasteiger partial charge on any atom is -0.353 e. The largest absolute Gasteiger partial charge is 0.353 e. The molecule has 0 saturated heterocycles. The predicted octanol–water partition coefficient (Wildman–Crippen LogP) is 2.56. The molecule has 108 valence electrons. The molecule has 0 bridgehead atoms.